The predicted octanol–water partition coefficient (Wildman–Crippen LogP) is 1.91. The van der Waals surface area contributed by atoms with E-state index in [-0.39, 0.29) is 0 Å². The van der Waals surface area contributed by atoms with E-state index >= 15 is 0 Å². The third kappa shape index (κ3) is 2.22. The zero-order valence-corrected chi connectivity index (χ0v) is 6.25. The van der Waals surface area contributed by atoms with E-state index in [1.807, 2.05) is 0 Å². The zero-order chi connectivity index (χ0) is 6.53. The summed E-state index contributed by atoms with van der Waals surface area (Å²) in [6, 6.07) is 0. The fourth-order valence-corrected chi connectivity index (χ4v) is 1.52. The van der Waals surface area contributed by atoms with Gasteiger partial charge in [0.05, 0.1) is 0 Å². The lowest BCUT2D eigenvalue weighted by Crippen LogP contribution is -1.95. The second-order valence-corrected chi connectivity index (χ2v) is 2.89. The van der Waals surface area contributed by atoms with Gasteiger partial charge in [-0.3, -0.25) is 0 Å². The molecule has 0 saturated heterocycles. The van der Waals surface area contributed by atoms with Crippen LogP contribution >= 0.6 is 0 Å². The summed E-state index contributed by atoms with van der Waals surface area (Å²) in [7, 11) is 0. The molecule has 0 bridgehead atoms. The quantitative estimate of drug-likeness (QED) is 0.426. The van der Waals surface area contributed by atoms with E-state index in [0.717, 1.165) is 6.42 Å². The topological polar surface area (TPSA) is 17.1 Å². The molecule has 1 rings (SSSR count). The SMILES string of the molecule is O=[S+]CC1=CCCCC1. The van der Waals surface area contributed by atoms with Gasteiger partial charge in [0.15, 0.2) is 0 Å². The smallest absolute Gasteiger partial charge is 0.0799 e. The Morgan fingerprint density at radius 1 is 1.56 bits per heavy atom. The van der Waals surface area contributed by atoms with Crippen molar-refractivity contribution in [3.63, 3.8) is 0 Å². The summed E-state index contributed by atoms with van der Waals surface area (Å²) in [5, 5.41) is 0. The Morgan fingerprint density at radius 2 is 2.44 bits per heavy atom. The minimum absolute atomic E-state index is 0.690. The van der Waals surface area contributed by atoms with Gasteiger partial charge in [0.25, 0.3) is 0 Å². The summed E-state index contributed by atoms with van der Waals surface area (Å²) in [5.41, 5.74) is 1.36. The maximum Gasteiger partial charge on any atom is 0.463 e. The van der Waals surface area contributed by atoms with E-state index in [1.165, 1.54) is 24.8 Å². The molecule has 50 valence electrons. The Labute approximate surface area is 59.6 Å². The molecular formula is C7H11OS+. The second-order valence-electron chi connectivity index (χ2n) is 2.37. The van der Waals surface area contributed by atoms with Crippen molar-refractivity contribution < 1.29 is 4.21 Å². The molecule has 0 heterocycles. The molecule has 0 saturated carbocycles. The van der Waals surface area contributed by atoms with Crippen LogP contribution in [0.15, 0.2) is 11.6 Å². The summed E-state index contributed by atoms with van der Waals surface area (Å²) >= 11 is 0.690. The molecule has 0 aliphatic heterocycles. The van der Waals surface area contributed by atoms with Gasteiger partial charge in [-0.15, -0.1) is 0 Å². The molecule has 2 heteroatoms. The van der Waals surface area contributed by atoms with Crippen LogP contribution < -0.4 is 0 Å². The van der Waals surface area contributed by atoms with Gasteiger partial charge in [-0.2, -0.15) is 0 Å². The van der Waals surface area contributed by atoms with Crippen molar-refractivity contribution in [1.29, 1.82) is 0 Å². The number of hydrogen-bond donors (Lipinski definition) is 0. The first-order chi connectivity index (χ1) is 4.43. The maximum atomic E-state index is 10.1. The Balaban J connectivity index is 2.36. The van der Waals surface area contributed by atoms with Crippen LogP contribution in [0.1, 0.15) is 25.7 Å². The summed E-state index contributed by atoms with van der Waals surface area (Å²) in [4.78, 5) is 0. The molecular weight excluding hydrogens is 132 g/mol. The fourth-order valence-electron chi connectivity index (χ4n) is 1.11. The van der Waals surface area contributed by atoms with Crippen molar-refractivity contribution in [2.45, 2.75) is 25.7 Å². The Hall–Kier alpha value is -0.240. The van der Waals surface area contributed by atoms with Crippen molar-refractivity contribution in [2.24, 2.45) is 0 Å². The Bertz CT molecular complexity index is 129. The zero-order valence-electron chi connectivity index (χ0n) is 5.43. The monoisotopic (exact) mass is 143 g/mol. The number of allylic oxidation sites excluding steroid dienone is 1. The van der Waals surface area contributed by atoms with Crippen molar-refractivity contribution >= 4 is 11.7 Å². The molecule has 0 aromatic carbocycles. The molecule has 1 aliphatic carbocycles. The molecule has 0 aromatic rings. The molecule has 0 radical (unpaired) electrons. The van der Waals surface area contributed by atoms with Gasteiger partial charge >= 0.3 is 11.7 Å². The predicted molar refractivity (Wildman–Crippen MR) is 39.5 cm³/mol. The average molecular weight is 143 g/mol. The molecule has 0 aromatic heterocycles. The van der Waals surface area contributed by atoms with E-state index in [4.69, 9.17) is 0 Å². The molecule has 9 heavy (non-hydrogen) atoms. The lowest BCUT2D eigenvalue weighted by atomic mass is 10.0. The molecule has 0 N–H and O–H groups in total. The molecule has 0 fully saturated rings. The normalized spacial score (nSPS) is 18.9. The molecule has 1 nitrogen and oxygen atoms in total. The van der Waals surface area contributed by atoms with Crippen molar-refractivity contribution in [3.05, 3.63) is 11.6 Å². The van der Waals surface area contributed by atoms with E-state index < -0.39 is 0 Å². The highest BCUT2D eigenvalue weighted by Crippen LogP contribution is 2.16. The number of hydrogen-bond acceptors (Lipinski definition) is 1. The van der Waals surface area contributed by atoms with Crippen molar-refractivity contribution in [1.82, 2.24) is 0 Å². The van der Waals surface area contributed by atoms with E-state index in [9.17, 15) is 4.21 Å². The minimum atomic E-state index is 0.690. The average Bonchev–Trinajstić information content (AvgIpc) is 1.91. The summed E-state index contributed by atoms with van der Waals surface area (Å²) in [5.74, 6) is 0.708. The molecule has 0 spiro atoms. The molecule has 0 atom stereocenters. The van der Waals surface area contributed by atoms with Crippen LogP contribution in [0.25, 0.3) is 0 Å². The highest BCUT2D eigenvalue weighted by atomic mass is 32.1. The summed E-state index contributed by atoms with van der Waals surface area (Å²) in [6.45, 7) is 0. The first kappa shape index (κ1) is 6.87. The van der Waals surface area contributed by atoms with Crippen LogP contribution in [0.4, 0.5) is 0 Å². The van der Waals surface area contributed by atoms with Crippen LogP contribution in [0.5, 0.6) is 0 Å². The number of rotatable bonds is 2. The van der Waals surface area contributed by atoms with Crippen LogP contribution in [-0.4, -0.2) is 5.75 Å². The van der Waals surface area contributed by atoms with Gasteiger partial charge in [-0.05, 0) is 31.3 Å². The van der Waals surface area contributed by atoms with Crippen LogP contribution in [0.2, 0.25) is 0 Å². The molecule has 1 aliphatic rings. The second kappa shape index (κ2) is 3.72. The van der Waals surface area contributed by atoms with Crippen molar-refractivity contribution in [3.8, 4) is 0 Å². The first-order valence-electron chi connectivity index (χ1n) is 3.36. The lowest BCUT2D eigenvalue weighted by Gasteiger charge is -2.04. The third-order valence-corrected chi connectivity index (χ3v) is 2.12. The largest absolute Gasteiger partial charge is 0.463 e. The van der Waals surface area contributed by atoms with Crippen LogP contribution in [0, 0.1) is 0 Å². The van der Waals surface area contributed by atoms with Crippen LogP contribution in [0.3, 0.4) is 0 Å². The highest BCUT2D eigenvalue weighted by Gasteiger charge is 2.08. The van der Waals surface area contributed by atoms with E-state index in [0.29, 0.717) is 17.4 Å². The van der Waals surface area contributed by atoms with Gasteiger partial charge in [0.2, 0.25) is 5.75 Å². The lowest BCUT2D eigenvalue weighted by molar-refractivity contribution is 0.604. The van der Waals surface area contributed by atoms with E-state index in [2.05, 4.69) is 6.08 Å². The highest BCUT2D eigenvalue weighted by molar-refractivity contribution is 7.65. The van der Waals surface area contributed by atoms with Crippen LogP contribution in [-0.2, 0) is 15.9 Å². The van der Waals surface area contributed by atoms with Crippen molar-refractivity contribution in [2.75, 3.05) is 5.75 Å². The fraction of sp³-hybridized carbons (Fsp3) is 0.714. The maximum absolute atomic E-state index is 10.1. The molecule has 0 unspecified atom stereocenters. The van der Waals surface area contributed by atoms with Gasteiger partial charge in [-0.25, -0.2) is 0 Å². The third-order valence-electron chi connectivity index (χ3n) is 1.63. The minimum Gasteiger partial charge on any atom is -0.0799 e. The summed E-state index contributed by atoms with van der Waals surface area (Å²) in [6.07, 6.45) is 7.17. The Kier molecular flexibility index (Phi) is 2.84. The van der Waals surface area contributed by atoms with Gasteiger partial charge in [-0.1, -0.05) is 6.08 Å². The van der Waals surface area contributed by atoms with Gasteiger partial charge in [0.1, 0.15) is 0 Å². The van der Waals surface area contributed by atoms with E-state index in [1.54, 1.807) is 0 Å². The molecule has 0 amide bonds. The standard InChI is InChI=1S/C7H11OS/c8-9-6-7-4-2-1-3-5-7/h4H,1-3,5-6H2/q+1. The first-order valence-corrected chi connectivity index (χ1v) is 4.27. The van der Waals surface area contributed by atoms with Gasteiger partial charge < -0.3 is 0 Å². The van der Waals surface area contributed by atoms with Gasteiger partial charge in [0, 0.05) is 4.21 Å². The Morgan fingerprint density at radius 3 is 3.00 bits per heavy atom. The summed E-state index contributed by atoms with van der Waals surface area (Å²) < 4.78 is 10.1.